The average Bonchev–Trinajstić information content (AvgIpc) is 3.01. The maximum atomic E-state index is 11.8. The zero-order chi connectivity index (χ0) is 29.7. The summed E-state index contributed by atoms with van der Waals surface area (Å²) in [5.41, 5.74) is 0.102. The molecule has 0 heterocycles. The largest absolute Gasteiger partial charge is 0.494 e. The number of carboxylic acids is 1. The Labute approximate surface area is 253 Å². The van der Waals surface area contributed by atoms with E-state index in [0.717, 1.165) is 29.4 Å². The van der Waals surface area contributed by atoms with Crippen molar-refractivity contribution in [3.05, 3.63) is 66.2 Å². The highest BCUT2D eigenvalue weighted by molar-refractivity contribution is 5.91. The first kappa shape index (κ1) is 33.3. The van der Waals surface area contributed by atoms with Crippen LogP contribution in [0.15, 0.2) is 60.7 Å². The van der Waals surface area contributed by atoms with Crippen LogP contribution in [0.1, 0.15) is 120 Å². The van der Waals surface area contributed by atoms with Crippen molar-refractivity contribution in [2.24, 2.45) is 0 Å². The molecule has 0 aromatic heterocycles. The monoisotopic (exact) mass is 576 g/mol. The molecule has 42 heavy (non-hydrogen) atoms. The van der Waals surface area contributed by atoms with Crippen LogP contribution in [0.5, 0.6) is 17.2 Å². The van der Waals surface area contributed by atoms with E-state index in [0.29, 0.717) is 24.7 Å². The highest BCUT2D eigenvalue weighted by atomic mass is 16.5. The number of hydrogen-bond acceptors (Lipinski definition) is 4. The fourth-order valence-electron chi connectivity index (χ4n) is 5.30. The van der Waals surface area contributed by atoms with E-state index in [1.54, 1.807) is 18.2 Å². The second-order valence-corrected chi connectivity index (χ2v) is 11.3. The fourth-order valence-corrected chi connectivity index (χ4v) is 5.30. The van der Waals surface area contributed by atoms with Gasteiger partial charge in [0.15, 0.2) is 0 Å². The number of ether oxygens (including phenoxy) is 3. The van der Waals surface area contributed by atoms with E-state index in [9.17, 15) is 9.90 Å². The Kier molecular flexibility index (Phi) is 16.4. The molecule has 0 atom stereocenters. The molecular weight excluding hydrogens is 524 g/mol. The van der Waals surface area contributed by atoms with Crippen LogP contribution in [0.2, 0.25) is 0 Å². The number of carbonyl (C=O) groups is 1. The molecule has 5 nitrogen and oxygen atoms in total. The molecule has 230 valence electrons. The maximum Gasteiger partial charge on any atom is 0.339 e. The van der Waals surface area contributed by atoms with Crippen LogP contribution in [0.4, 0.5) is 0 Å². The third kappa shape index (κ3) is 13.2. The molecule has 1 N–H and O–H groups in total. The van der Waals surface area contributed by atoms with Crippen LogP contribution >= 0.6 is 0 Å². The zero-order valence-electron chi connectivity index (χ0n) is 25.8. The van der Waals surface area contributed by atoms with Gasteiger partial charge in [0, 0.05) is 0 Å². The summed E-state index contributed by atoms with van der Waals surface area (Å²) in [7, 11) is 0. The van der Waals surface area contributed by atoms with Gasteiger partial charge in [-0.3, -0.25) is 0 Å². The van der Waals surface area contributed by atoms with Crippen molar-refractivity contribution in [2.45, 2.75) is 110 Å². The van der Waals surface area contributed by atoms with Gasteiger partial charge in [-0.25, -0.2) is 4.79 Å². The summed E-state index contributed by atoms with van der Waals surface area (Å²) in [6, 6.07) is 19.0. The first-order chi connectivity index (χ1) is 20.7. The van der Waals surface area contributed by atoms with Gasteiger partial charge in [-0.15, -0.1) is 0 Å². The van der Waals surface area contributed by atoms with E-state index < -0.39 is 5.97 Å². The highest BCUT2D eigenvalue weighted by Crippen LogP contribution is 2.25. The van der Waals surface area contributed by atoms with Gasteiger partial charge in [-0.1, -0.05) is 134 Å². The number of hydrogen-bond donors (Lipinski definition) is 1. The summed E-state index contributed by atoms with van der Waals surface area (Å²) >= 11 is 0. The van der Waals surface area contributed by atoms with Crippen molar-refractivity contribution in [1.29, 1.82) is 0 Å². The van der Waals surface area contributed by atoms with E-state index in [4.69, 9.17) is 14.2 Å². The predicted octanol–water partition coefficient (Wildman–Crippen LogP) is 10.6. The molecule has 5 heteroatoms. The van der Waals surface area contributed by atoms with E-state index in [1.165, 1.54) is 89.9 Å². The molecule has 0 spiro atoms. The zero-order valence-corrected chi connectivity index (χ0v) is 25.8. The Bertz CT molecular complexity index is 1160. The lowest BCUT2D eigenvalue weighted by molar-refractivity contribution is 0.0690. The molecule has 0 aliphatic heterocycles. The number of unbranched alkanes of at least 4 members (excludes halogenated alkanes) is 15. The number of benzene rings is 3. The Balaban J connectivity index is 1.21. The van der Waals surface area contributed by atoms with Crippen LogP contribution in [0, 0.1) is 0 Å². The fraction of sp³-hybridized carbons (Fsp3) is 0.541. The lowest BCUT2D eigenvalue weighted by Crippen LogP contribution is -2.11. The second-order valence-electron chi connectivity index (χ2n) is 11.3. The van der Waals surface area contributed by atoms with Gasteiger partial charge in [-0.05, 0) is 47.5 Å². The first-order valence-electron chi connectivity index (χ1n) is 16.4. The first-order valence-corrected chi connectivity index (χ1v) is 16.4. The minimum atomic E-state index is -1.03. The lowest BCUT2D eigenvalue weighted by atomic mass is 10.0. The van der Waals surface area contributed by atoms with Gasteiger partial charge >= 0.3 is 5.97 Å². The minimum Gasteiger partial charge on any atom is -0.494 e. The number of rotatable bonds is 24. The van der Waals surface area contributed by atoms with Crippen LogP contribution in [0.3, 0.4) is 0 Å². The molecule has 3 aromatic rings. The highest BCUT2D eigenvalue weighted by Gasteiger charge is 2.13. The Morgan fingerprint density at radius 2 is 1.05 bits per heavy atom. The molecule has 0 amide bonds. The van der Waals surface area contributed by atoms with Crippen molar-refractivity contribution < 1.29 is 24.1 Å². The van der Waals surface area contributed by atoms with Crippen molar-refractivity contribution in [3.8, 4) is 17.2 Å². The van der Waals surface area contributed by atoms with Crippen molar-refractivity contribution in [1.82, 2.24) is 0 Å². The minimum absolute atomic E-state index is 0.102. The van der Waals surface area contributed by atoms with E-state index in [-0.39, 0.29) is 12.2 Å². The SMILES string of the molecule is CCCCCCCCCCCCCCCCCCOc1ccc(OCCOc2ccc3ccccc3c2)c(C(=O)O)c1. The van der Waals surface area contributed by atoms with Gasteiger partial charge in [0.25, 0.3) is 0 Å². The maximum absolute atomic E-state index is 11.8. The van der Waals surface area contributed by atoms with Crippen LogP contribution in [0.25, 0.3) is 10.8 Å². The Hall–Kier alpha value is -3.21. The second kappa shape index (κ2) is 20.6. The molecule has 0 aliphatic rings. The molecule has 0 saturated heterocycles. The number of carboxylic acid groups (broad SMARTS) is 1. The van der Waals surface area contributed by atoms with Crippen LogP contribution in [-0.2, 0) is 0 Å². The van der Waals surface area contributed by atoms with Gasteiger partial charge in [-0.2, -0.15) is 0 Å². The molecule has 3 rings (SSSR count). The van der Waals surface area contributed by atoms with E-state index in [1.807, 2.05) is 36.4 Å². The molecule has 0 radical (unpaired) electrons. The van der Waals surface area contributed by atoms with Crippen molar-refractivity contribution in [2.75, 3.05) is 19.8 Å². The molecule has 0 aliphatic carbocycles. The summed E-state index contributed by atoms with van der Waals surface area (Å²) in [4.78, 5) is 11.8. The summed E-state index contributed by atoms with van der Waals surface area (Å²) in [6.45, 7) is 3.43. The van der Waals surface area contributed by atoms with Gasteiger partial charge < -0.3 is 19.3 Å². The molecule has 0 bridgehead atoms. The Morgan fingerprint density at radius 3 is 1.67 bits per heavy atom. The van der Waals surface area contributed by atoms with E-state index in [2.05, 4.69) is 13.0 Å². The van der Waals surface area contributed by atoms with Gasteiger partial charge in [0.05, 0.1) is 6.61 Å². The molecular formula is C37H52O5. The molecule has 0 unspecified atom stereocenters. The van der Waals surface area contributed by atoms with Gasteiger partial charge in [0.1, 0.15) is 36.0 Å². The number of fused-ring (bicyclic) bond motifs is 1. The standard InChI is InChI=1S/C37H52O5/c1-2-3-4-5-6-7-8-9-10-11-12-13-14-15-16-19-26-40-34-24-25-36(35(30-34)37(38)39)42-28-27-41-33-23-22-31-20-17-18-21-32(31)29-33/h17-18,20-25,29-30H,2-16,19,26-28H2,1H3,(H,38,39). The van der Waals surface area contributed by atoms with Crippen molar-refractivity contribution in [3.63, 3.8) is 0 Å². The summed E-state index contributed by atoms with van der Waals surface area (Å²) in [5, 5.41) is 11.9. The molecule has 3 aromatic carbocycles. The average molecular weight is 577 g/mol. The lowest BCUT2D eigenvalue weighted by Gasteiger charge is -2.13. The van der Waals surface area contributed by atoms with Crippen LogP contribution < -0.4 is 14.2 Å². The summed E-state index contributed by atoms with van der Waals surface area (Å²) in [6.07, 6.45) is 21.3. The topological polar surface area (TPSA) is 65.0 Å². The third-order valence-electron chi connectivity index (χ3n) is 7.78. The normalized spacial score (nSPS) is 11.1. The number of aromatic carboxylic acids is 1. The predicted molar refractivity (Wildman–Crippen MR) is 173 cm³/mol. The van der Waals surface area contributed by atoms with Crippen molar-refractivity contribution >= 4 is 16.7 Å². The summed E-state index contributed by atoms with van der Waals surface area (Å²) < 4.78 is 17.4. The Morgan fingerprint density at radius 1 is 0.548 bits per heavy atom. The summed E-state index contributed by atoms with van der Waals surface area (Å²) in [5.74, 6) is 0.606. The molecule has 0 saturated carbocycles. The smallest absolute Gasteiger partial charge is 0.339 e. The van der Waals surface area contributed by atoms with Gasteiger partial charge in [0.2, 0.25) is 0 Å². The quantitative estimate of drug-likeness (QED) is 0.107. The van der Waals surface area contributed by atoms with E-state index >= 15 is 0 Å². The molecule has 0 fully saturated rings. The van der Waals surface area contributed by atoms with Crippen LogP contribution in [-0.4, -0.2) is 30.9 Å². The third-order valence-corrected chi connectivity index (χ3v) is 7.78.